The molecule has 0 bridgehead atoms. The van der Waals surface area contributed by atoms with Crippen molar-refractivity contribution in [2.75, 3.05) is 0 Å². The van der Waals surface area contributed by atoms with Gasteiger partial charge in [-0.3, -0.25) is 0 Å². The predicted molar refractivity (Wildman–Crippen MR) is 81.4 cm³/mol. The Morgan fingerprint density at radius 1 is 0.882 bits per heavy atom. The van der Waals surface area contributed by atoms with Crippen LogP contribution < -0.4 is 0 Å². The third-order valence-corrected chi connectivity index (χ3v) is 2.17. The summed E-state index contributed by atoms with van der Waals surface area (Å²) in [6, 6.07) is 10.3. The van der Waals surface area contributed by atoms with E-state index in [1.54, 1.807) is 0 Å². The first-order valence-electron chi connectivity index (χ1n) is 6.28. The highest BCUT2D eigenvalue weighted by Gasteiger charge is 1.77. The molecule has 0 aliphatic heterocycles. The van der Waals surface area contributed by atoms with Crippen LogP contribution in [0.15, 0.2) is 54.6 Å². The second kappa shape index (κ2) is 12.8. The maximum atomic E-state index is 3.66. The fourth-order valence-corrected chi connectivity index (χ4v) is 0.534. The lowest BCUT2D eigenvalue weighted by Gasteiger charge is -1.88. The van der Waals surface area contributed by atoms with E-state index in [4.69, 9.17) is 0 Å². The molecule has 0 aromatic heterocycles. The van der Waals surface area contributed by atoms with Crippen molar-refractivity contribution >= 4 is 0 Å². The molecule has 1 aromatic carbocycles. The van der Waals surface area contributed by atoms with Crippen LogP contribution in [0.3, 0.4) is 0 Å². The largest absolute Gasteiger partial charge is 0.0959 e. The van der Waals surface area contributed by atoms with Crippen LogP contribution in [0.5, 0.6) is 0 Å². The first kappa shape index (κ1) is 18.1. The molecule has 0 saturated carbocycles. The highest BCUT2D eigenvalue weighted by atomic mass is 13.8. The van der Waals surface area contributed by atoms with Gasteiger partial charge >= 0.3 is 0 Å². The number of hydrogen-bond acceptors (Lipinski definition) is 0. The summed E-state index contributed by atoms with van der Waals surface area (Å²) in [4.78, 5) is 0. The van der Waals surface area contributed by atoms with Crippen molar-refractivity contribution in [1.82, 2.24) is 0 Å². The summed E-state index contributed by atoms with van der Waals surface area (Å²) in [5.41, 5.74) is 3.45. The van der Waals surface area contributed by atoms with Gasteiger partial charge in [0.25, 0.3) is 0 Å². The van der Waals surface area contributed by atoms with E-state index in [2.05, 4.69) is 46.1 Å². The Morgan fingerprint density at radius 2 is 1.24 bits per heavy atom. The Kier molecular flexibility index (Phi) is 13.6. The van der Waals surface area contributed by atoms with Crippen molar-refractivity contribution in [1.29, 1.82) is 0 Å². The van der Waals surface area contributed by atoms with Crippen LogP contribution in [0.1, 0.15) is 46.1 Å². The Hall–Kier alpha value is -1.30. The second-order valence-electron chi connectivity index (χ2n) is 4.22. The first-order valence-corrected chi connectivity index (χ1v) is 6.28. The highest BCUT2D eigenvalue weighted by Crippen LogP contribution is 1.98. The van der Waals surface area contributed by atoms with E-state index in [0.717, 1.165) is 11.1 Å². The zero-order chi connectivity index (χ0) is 13.7. The Morgan fingerprint density at radius 3 is 1.35 bits per heavy atom. The molecule has 0 amide bonds. The van der Waals surface area contributed by atoms with Crippen LogP contribution in [0.2, 0.25) is 0 Å². The lowest BCUT2D eigenvalue weighted by Crippen LogP contribution is -1.67. The van der Waals surface area contributed by atoms with Crippen LogP contribution in [0.25, 0.3) is 0 Å². The van der Waals surface area contributed by atoms with E-state index in [-0.39, 0.29) is 0 Å². The van der Waals surface area contributed by atoms with E-state index in [9.17, 15) is 0 Å². The number of rotatable bonds is 2. The summed E-state index contributed by atoms with van der Waals surface area (Å²) < 4.78 is 0. The van der Waals surface area contributed by atoms with Crippen LogP contribution in [-0.4, -0.2) is 0 Å². The lowest BCUT2D eigenvalue weighted by atomic mass is 10.2. The molecule has 0 atom stereocenters. The van der Waals surface area contributed by atoms with Crippen LogP contribution >= 0.6 is 0 Å². The van der Waals surface area contributed by atoms with Gasteiger partial charge in [0.2, 0.25) is 0 Å². The lowest BCUT2D eigenvalue weighted by molar-refractivity contribution is 0.886. The highest BCUT2D eigenvalue weighted by molar-refractivity contribution is 5.19. The molecule has 96 valence electrons. The first-order chi connectivity index (χ1) is 7.95. The van der Waals surface area contributed by atoms with E-state index in [1.807, 2.05) is 32.0 Å². The molecule has 17 heavy (non-hydrogen) atoms. The van der Waals surface area contributed by atoms with E-state index in [1.165, 1.54) is 18.4 Å². The monoisotopic (exact) mass is 232 g/mol. The number of aryl methyl sites for hydroxylation is 1. The molecule has 0 saturated heterocycles. The minimum atomic E-state index is 1.06. The second-order valence-corrected chi connectivity index (χ2v) is 4.22. The van der Waals surface area contributed by atoms with Gasteiger partial charge < -0.3 is 0 Å². The molecule has 0 aliphatic carbocycles. The molecular weight excluding hydrogens is 204 g/mol. The zero-order valence-corrected chi connectivity index (χ0v) is 12.2. The van der Waals surface area contributed by atoms with Crippen LogP contribution in [0, 0.1) is 6.92 Å². The number of hydrogen-bond donors (Lipinski definition) is 0. The fraction of sp³-hybridized carbons (Fsp3) is 0.412. The third kappa shape index (κ3) is 17.3. The standard InChI is InChI=1S/C7H8.C6H10.C4H10/c1-7-5-3-2-4-6-7;1-5(2)6(3)4;1-3-4-2/h2-6H,1H3;1,3H2,2,4H3;3-4H2,1-2H3. The molecule has 0 heterocycles. The van der Waals surface area contributed by atoms with Gasteiger partial charge in [-0.05, 0) is 20.8 Å². The summed E-state index contributed by atoms with van der Waals surface area (Å²) in [6.45, 7) is 17.6. The van der Waals surface area contributed by atoms with Gasteiger partial charge in [0.15, 0.2) is 0 Å². The third-order valence-electron chi connectivity index (χ3n) is 2.17. The predicted octanol–water partition coefficient (Wildman–Crippen LogP) is 5.94. The minimum Gasteiger partial charge on any atom is -0.0959 e. The molecular formula is C17H28. The molecule has 0 unspecified atom stereocenters. The quantitative estimate of drug-likeness (QED) is 0.553. The van der Waals surface area contributed by atoms with Crippen molar-refractivity contribution in [3.05, 3.63) is 60.2 Å². The van der Waals surface area contributed by atoms with Gasteiger partial charge in [-0.25, -0.2) is 0 Å². The van der Waals surface area contributed by atoms with E-state index >= 15 is 0 Å². The number of benzene rings is 1. The molecule has 0 radical (unpaired) electrons. The average molecular weight is 232 g/mol. The SMILES string of the molecule is C=C(C)C(=C)C.CCCC.Cc1ccccc1. The van der Waals surface area contributed by atoms with Gasteiger partial charge in [0, 0.05) is 0 Å². The topological polar surface area (TPSA) is 0 Å². The average Bonchev–Trinajstić information content (AvgIpc) is 2.31. The number of allylic oxidation sites excluding steroid dienone is 2. The maximum absolute atomic E-state index is 3.66. The minimum absolute atomic E-state index is 1.06. The van der Waals surface area contributed by atoms with E-state index in [0.29, 0.717) is 0 Å². The molecule has 1 aromatic rings. The molecule has 0 fully saturated rings. The van der Waals surface area contributed by atoms with Gasteiger partial charge in [-0.2, -0.15) is 0 Å². The van der Waals surface area contributed by atoms with Gasteiger partial charge in [0.05, 0.1) is 0 Å². The van der Waals surface area contributed by atoms with Crippen LogP contribution in [0.4, 0.5) is 0 Å². The molecule has 0 aliphatic rings. The fourth-order valence-electron chi connectivity index (χ4n) is 0.534. The smallest absolute Gasteiger partial charge is 0.0398 e. The normalized spacial score (nSPS) is 8.06. The van der Waals surface area contributed by atoms with E-state index < -0.39 is 0 Å². The van der Waals surface area contributed by atoms with Crippen molar-refractivity contribution in [2.24, 2.45) is 0 Å². The summed E-state index contributed by atoms with van der Waals surface area (Å²) in [7, 11) is 0. The van der Waals surface area contributed by atoms with Crippen molar-refractivity contribution in [3.63, 3.8) is 0 Å². The van der Waals surface area contributed by atoms with Gasteiger partial charge in [-0.1, -0.05) is 86.9 Å². The summed E-state index contributed by atoms with van der Waals surface area (Å²) in [6.07, 6.45) is 2.64. The Balaban J connectivity index is 0. The summed E-state index contributed by atoms with van der Waals surface area (Å²) in [5.74, 6) is 0. The van der Waals surface area contributed by atoms with Crippen molar-refractivity contribution < 1.29 is 0 Å². The summed E-state index contributed by atoms with van der Waals surface area (Å²) in [5, 5.41) is 0. The van der Waals surface area contributed by atoms with Crippen molar-refractivity contribution in [3.8, 4) is 0 Å². The molecule has 0 heteroatoms. The molecule has 0 nitrogen and oxygen atoms in total. The Bertz CT molecular complexity index is 279. The molecule has 0 N–H and O–H groups in total. The van der Waals surface area contributed by atoms with Gasteiger partial charge in [-0.15, -0.1) is 0 Å². The maximum Gasteiger partial charge on any atom is -0.0398 e. The zero-order valence-electron chi connectivity index (χ0n) is 12.2. The van der Waals surface area contributed by atoms with Crippen molar-refractivity contribution in [2.45, 2.75) is 47.5 Å². The molecule has 1 rings (SSSR count). The Labute approximate surface area is 108 Å². The van der Waals surface area contributed by atoms with Crippen LogP contribution in [-0.2, 0) is 0 Å². The van der Waals surface area contributed by atoms with Gasteiger partial charge in [0.1, 0.15) is 0 Å². The molecule has 0 spiro atoms. The number of unbranched alkanes of at least 4 members (excludes halogenated alkanes) is 1. The summed E-state index contributed by atoms with van der Waals surface area (Å²) >= 11 is 0.